The first kappa shape index (κ1) is 21.8. The van der Waals surface area contributed by atoms with Crippen LogP contribution in [0.5, 0.6) is 5.75 Å². The molecule has 0 saturated carbocycles. The third-order valence-corrected chi connectivity index (χ3v) is 4.76. The van der Waals surface area contributed by atoms with Crippen LogP contribution in [-0.4, -0.2) is 53.1 Å². The van der Waals surface area contributed by atoms with E-state index < -0.39 is 6.10 Å². The van der Waals surface area contributed by atoms with E-state index in [1.807, 2.05) is 64.0 Å². The number of anilines is 2. The van der Waals surface area contributed by atoms with Crippen molar-refractivity contribution in [3.05, 3.63) is 46.9 Å². The number of nitrogens with one attached hydrogen (secondary N) is 1. The molecule has 1 aromatic heterocycles. The second kappa shape index (κ2) is 9.29. The van der Waals surface area contributed by atoms with Gasteiger partial charge in [0.25, 0.3) is 0 Å². The number of aliphatic hydroxyl groups is 2. The summed E-state index contributed by atoms with van der Waals surface area (Å²) in [6, 6.07) is 5.78. The molecule has 3 rings (SSSR count). The average Bonchev–Trinajstić information content (AvgIpc) is 3.22. The topological polar surface area (TPSA) is 103 Å². The van der Waals surface area contributed by atoms with Gasteiger partial charge in [0, 0.05) is 19.3 Å². The SMILES string of the molecule is CCN(C)c1nc(C)cc(C2=CN(c3cc(C)c(OCC(O)CO)c(C)c3)NO2)n1. The number of nitrogens with zero attached hydrogens (tertiary/aromatic N) is 4. The van der Waals surface area contributed by atoms with Crippen LogP contribution in [0.25, 0.3) is 5.76 Å². The quantitative estimate of drug-likeness (QED) is 0.596. The molecule has 1 aliphatic heterocycles. The Hall–Kier alpha value is -2.88. The molecule has 2 heterocycles. The third kappa shape index (κ3) is 4.81. The number of hydrazine groups is 1. The number of hydrogen-bond donors (Lipinski definition) is 3. The summed E-state index contributed by atoms with van der Waals surface area (Å²) < 4.78 is 5.67. The fourth-order valence-corrected chi connectivity index (χ4v) is 3.03. The van der Waals surface area contributed by atoms with Crippen LogP contribution in [-0.2, 0) is 4.84 Å². The Balaban J connectivity index is 1.83. The van der Waals surface area contributed by atoms with Crippen LogP contribution in [0.4, 0.5) is 11.6 Å². The van der Waals surface area contributed by atoms with Crippen molar-refractivity contribution in [2.75, 3.05) is 36.7 Å². The molecule has 2 aromatic rings. The van der Waals surface area contributed by atoms with Crippen LogP contribution in [0.2, 0.25) is 0 Å². The van der Waals surface area contributed by atoms with Crippen molar-refractivity contribution >= 4 is 17.4 Å². The molecule has 9 nitrogen and oxygen atoms in total. The first-order chi connectivity index (χ1) is 14.3. The number of rotatable bonds is 8. The van der Waals surface area contributed by atoms with Crippen LogP contribution in [0.1, 0.15) is 29.4 Å². The summed E-state index contributed by atoms with van der Waals surface area (Å²) in [6.07, 6.45) is 0.928. The highest BCUT2D eigenvalue weighted by molar-refractivity contribution is 5.66. The molecule has 1 atom stereocenters. The number of aryl methyl sites for hydroxylation is 3. The number of benzene rings is 1. The van der Waals surface area contributed by atoms with Gasteiger partial charge in [0.15, 0.2) is 5.76 Å². The van der Waals surface area contributed by atoms with Gasteiger partial charge in [-0.2, -0.15) is 0 Å². The number of ether oxygens (including phenoxy) is 1. The highest BCUT2D eigenvalue weighted by atomic mass is 16.7. The molecule has 0 bridgehead atoms. The van der Waals surface area contributed by atoms with Gasteiger partial charge in [0.1, 0.15) is 24.2 Å². The summed E-state index contributed by atoms with van der Waals surface area (Å²) in [4.78, 5) is 16.7. The molecule has 0 fully saturated rings. The van der Waals surface area contributed by atoms with Gasteiger partial charge in [-0.1, -0.05) is 5.59 Å². The lowest BCUT2D eigenvalue weighted by molar-refractivity contribution is 0.0532. The van der Waals surface area contributed by atoms with E-state index in [9.17, 15) is 5.11 Å². The smallest absolute Gasteiger partial charge is 0.225 e. The summed E-state index contributed by atoms with van der Waals surface area (Å²) in [7, 11) is 1.95. The van der Waals surface area contributed by atoms with Gasteiger partial charge in [0.05, 0.1) is 18.5 Å². The Morgan fingerprint density at radius 1 is 1.20 bits per heavy atom. The molecule has 0 spiro atoms. The van der Waals surface area contributed by atoms with Crippen molar-refractivity contribution in [2.45, 2.75) is 33.8 Å². The molecule has 0 radical (unpaired) electrons. The highest BCUT2D eigenvalue weighted by Crippen LogP contribution is 2.31. The third-order valence-electron chi connectivity index (χ3n) is 4.76. The van der Waals surface area contributed by atoms with Gasteiger partial charge in [-0.3, -0.25) is 0 Å². The second-order valence-corrected chi connectivity index (χ2v) is 7.32. The molecule has 0 aliphatic carbocycles. The Labute approximate surface area is 176 Å². The fourth-order valence-electron chi connectivity index (χ4n) is 3.03. The van der Waals surface area contributed by atoms with E-state index in [4.69, 9.17) is 14.7 Å². The zero-order valence-electron chi connectivity index (χ0n) is 18.0. The molecule has 1 aromatic carbocycles. The lowest BCUT2D eigenvalue weighted by Gasteiger charge is -2.19. The van der Waals surface area contributed by atoms with Crippen molar-refractivity contribution in [1.82, 2.24) is 15.6 Å². The summed E-state index contributed by atoms with van der Waals surface area (Å²) >= 11 is 0. The zero-order chi connectivity index (χ0) is 21.8. The minimum Gasteiger partial charge on any atom is -0.490 e. The molecular weight excluding hydrogens is 386 g/mol. The van der Waals surface area contributed by atoms with Gasteiger partial charge in [-0.15, -0.1) is 0 Å². The van der Waals surface area contributed by atoms with E-state index in [0.717, 1.165) is 29.1 Å². The molecular formula is C21H29N5O4. The van der Waals surface area contributed by atoms with Crippen LogP contribution in [0, 0.1) is 20.8 Å². The van der Waals surface area contributed by atoms with Gasteiger partial charge in [-0.05, 0) is 57.0 Å². The highest BCUT2D eigenvalue weighted by Gasteiger charge is 2.21. The van der Waals surface area contributed by atoms with Crippen molar-refractivity contribution in [3.8, 4) is 5.75 Å². The maximum atomic E-state index is 9.52. The molecule has 30 heavy (non-hydrogen) atoms. The predicted molar refractivity (Wildman–Crippen MR) is 115 cm³/mol. The van der Waals surface area contributed by atoms with Crippen molar-refractivity contribution < 1.29 is 19.8 Å². The van der Waals surface area contributed by atoms with Crippen molar-refractivity contribution in [3.63, 3.8) is 0 Å². The van der Waals surface area contributed by atoms with Crippen LogP contribution >= 0.6 is 0 Å². The van der Waals surface area contributed by atoms with Crippen molar-refractivity contribution in [1.29, 1.82) is 0 Å². The summed E-state index contributed by atoms with van der Waals surface area (Å²) in [5.74, 6) is 1.93. The molecule has 0 saturated heterocycles. The first-order valence-electron chi connectivity index (χ1n) is 9.86. The molecule has 1 aliphatic rings. The lowest BCUT2D eigenvalue weighted by Crippen LogP contribution is -2.27. The van der Waals surface area contributed by atoms with E-state index in [-0.39, 0.29) is 13.2 Å². The molecule has 162 valence electrons. The van der Waals surface area contributed by atoms with E-state index >= 15 is 0 Å². The van der Waals surface area contributed by atoms with Gasteiger partial charge >= 0.3 is 0 Å². The van der Waals surface area contributed by atoms with Gasteiger partial charge in [-0.25, -0.2) is 15.0 Å². The first-order valence-corrected chi connectivity index (χ1v) is 9.86. The van der Waals surface area contributed by atoms with E-state index in [2.05, 4.69) is 15.6 Å². The Morgan fingerprint density at radius 3 is 2.53 bits per heavy atom. The predicted octanol–water partition coefficient (Wildman–Crippen LogP) is 1.84. The van der Waals surface area contributed by atoms with Crippen LogP contribution in [0.15, 0.2) is 24.4 Å². The van der Waals surface area contributed by atoms with Gasteiger partial charge in [0.2, 0.25) is 5.95 Å². The summed E-state index contributed by atoms with van der Waals surface area (Å²) in [6.45, 7) is 8.33. The summed E-state index contributed by atoms with van der Waals surface area (Å²) in [5.41, 5.74) is 7.12. The fraction of sp³-hybridized carbons (Fsp3) is 0.429. The normalized spacial score (nSPS) is 14.4. The second-order valence-electron chi connectivity index (χ2n) is 7.32. The molecule has 9 heteroatoms. The van der Waals surface area contributed by atoms with Crippen molar-refractivity contribution in [2.24, 2.45) is 0 Å². The molecule has 3 N–H and O–H groups in total. The number of aromatic nitrogens is 2. The largest absolute Gasteiger partial charge is 0.490 e. The van der Waals surface area contributed by atoms with Gasteiger partial charge < -0.3 is 24.7 Å². The summed E-state index contributed by atoms with van der Waals surface area (Å²) in [5, 5.41) is 20.2. The Bertz CT molecular complexity index is 911. The number of hydrogen-bond acceptors (Lipinski definition) is 9. The standard InChI is InChI=1S/C21H29N5O4/c1-6-25(5)21-22-15(4)9-18(23-21)19-10-26(24-30-19)16-7-13(2)20(14(3)8-16)29-12-17(28)11-27/h7-10,17,24,27-28H,6,11-12H2,1-5H3. The minimum atomic E-state index is -0.907. The zero-order valence-corrected chi connectivity index (χ0v) is 18.0. The van der Waals surface area contributed by atoms with E-state index in [1.165, 1.54) is 0 Å². The lowest BCUT2D eigenvalue weighted by atomic mass is 10.1. The van der Waals surface area contributed by atoms with Crippen LogP contribution in [0.3, 0.4) is 0 Å². The Morgan fingerprint density at radius 2 is 1.90 bits per heavy atom. The monoisotopic (exact) mass is 415 g/mol. The minimum absolute atomic E-state index is 0.0360. The molecule has 0 amide bonds. The maximum Gasteiger partial charge on any atom is 0.225 e. The number of aliphatic hydroxyl groups excluding tert-OH is 2. The van der Waals surface area contributed by atoms with Crippen LogP contribution < -0.4 is 20.2 Å². The molecule has 1 unspecified atom stereocenters. The Kier molecular flexibility index (Phi) is 6.76. The average molecular weight is 415 g/mol. The maximum absolute atomic E-state index is 9.52. The van der Waals surface area contributed by atoms with E-state index in [0.29, 0.717) is 23.2 Å². The van der Waals surface area contributed by atoms with E-state index in [1.54, 1.807) is 5.01 Å².